The van der Waals surface area contributed by atoms with Crippen molar-refractivity contribution in [3.05, 3.63) is 42.5 Å². The molecule has 0 radical (unpaired) electrons. The summed E-state index contributed by atoms with van der Waals surface area (Å²) in [5, 5.41) is 8.90. The van der Waals surface area contributed by atoms with Crippen LogP contribution in [-0.2, 0) is 4.79 Å². The fraction of sp³-hybridized carbons (Fsp3) is 0.250. The van der Waals surface area contributed by atoms with Gasteiger partial charge in [-0.3, -0.25) is 4.79 Å². The molecule has 0 aromatic heterocycles. The number of halogens is 1. The quantitative estimate of drug-likeness (QED) is 0.795. The van der Waals surface area contributed by atoms with Gasteiger partial charge in [0, 0.05) is 12.2 Å². The van der Waals surface area contributed by atoms with E-state index in [1.165, 1.54) is 4.90 Å². The number of alkyl halides is 1. The highest BCUT2D eigenvalue weighted by atomic mass is 35.5. The van der Waals surface area contributed by atoms with Crippen LogP contribution in [0.4, 0.5) is 0 Å². The van der Waals surface area contributed by atoms with Crippen LogP contribution in [0.1, 0.15) is 5.56 Å². The zero-order chi connectivity index (χ0) is 12.0. The number of benzene rings is 1. The average molecular weight is 240 g/mol. The van der Waals surface area contributed by atoms with Crippen LogP contribution in [0.25, 0.3) is 5.70 Å². The van der Waals surface area contributed by atoms with E-state index in [2.05, 4.69) is 6.58 Å². The number of amides is 1. The molecule has 1 aromatic rings. The Kier molecular flexibility index (Phi) is 5.02. The van der Waals surface area contributed by atoms with Gasteiger partial charge in [-0.15, -0.1) is 11.6 Å². The first kappa shape index (κ1) is 12.7. The zero-order valence-corrected chi connectivity index (χ0v) is 9.65. The first-order valence-corrected chi connectivity index (χ1v) is 5.45. The van der Waals surface area contributed by atoms with Crippen LogP contribution in [0.5, 0.6) is 0 Å². The fourth-order valence-electron chi connectivity index (χ4n) is 1.37. The third-order valence-electron chi connectivity index (χ3n) is 2.17. The van der Waals surface area contributed by atoms with Crippen molar-refractivity contribution in [2.45, 2.75) is 0 Å². The Morgan fingerprint density at radius 3 is 2.50 bits per heavy atom. The lowest BCUT2D eigenvalue weighted by Crippen LogP contribution is -2.32. The normalized spacial score (nSPS) is 9.88. The summed E-state index contributed by atoms with van der Waals surface area (Å²) in [4.78, 5) is 12.9. The second-order valence-electron chi connectivity index (χ2n) is 3.22. The Hall–Kier alpha value is -1.32. The van der Waals surface area contributed by atoms with Gasteiger partial charge in [-0.05, 0) is 5.56 Å². The van der Waals surface area contributed by atoms with Gasteiger partial charge in [0.05, 0.1) is 6.61 Å². The predicted molar refractivity (Wildman–Crippen MR) is 65.0 cm³/mol. The number of aliphatic hydroxyl groups is 1. The molecule has 0 saturated carbocycles. The minimum atomic E-state index is -0.260. The van der Waals surface area contributed by atoms with Crippen molar-refractivity contribution in [3.8, 4) is 0 Å². The third-order valence-corrected chi connectivity index (χ3v) is 2.40. The summed E-state index contributed by atoms with van der Waals surface area (Å²) in [6, 6.07) is 9.32. The molecular weight excluding hydrogens is 226 g/mol. The minimum absolute atomic E-state index is 0.117. The van der Waals surface area contributed by atoms with Crippen molar-refractivity contribution in [1.82, 2.24) is 4.90 Å². The summed E-state index contributed by atoms with van der Waals surface area (Å²) in [7, 11) is 0. The molecule has 16 heavy (non-hydrogen) atoms. The summed E-state index contributed by atoms with van der Waals surface area (Å²) in [5.41, 5.74) is 1.40. The van der Waals surface area contributed by atoms with Crippen LogP contribution in [0.15, 0.2) is 36.9 Å². The number of aliphatic hydroxyl groups excluding tert-OH is 1. The molecule has 1 aromatic carbocycles. The third kappa shape index (κ3) is 3.08. The van der Waals surface area contributed by atoms with E-state index in [1.807, 2.05) is 30.3 Å². The van der Waals surface area contributed by atoms with E-state index in [9.17, 15) is 4.79 Å². The summed E-state index contributed by atoms with van der Waals surface area (Å²) in [6.07, 6.45) is 0. The molecule has 0 spiro atoms. The maximum atomic E-state index is 11.5. The Bertz CT molecular complexity index is 365. The Labute approximate surface area is 100.0 Å². The predicted octanol–water partition coefficient (Wildman–Crippen LogP) is 1.72. The number of carbonyl (C=O) groups is 1. The van der Waals surface area contributed by atoms with Crippen molar-refractivity contribution in [2.75, 3.05) is 19.0 Å². The Morgan fingerprint density at radius 1 is 1.38 bits per heavy atom. The van der Waals surface area contributed by atoms with Crippen molar-refractivity contribution in [1.29, 1.82) is 0 Å². The summed E-state index contributed by atoms with van der Waals surface area (Å²) < 4.78 is 0. The van der Waals surface area contributed by atoms with Crippen LogP contribution < -0.4 is 0 Å². The van der Waals surface area contributed by atoms with Gasteiger partial charge >= 0.3 is 0 Å². The second kappa shape index (κ2) is 6.30. The van der Waals surface area contributed by atoms with Gasteiger partial charge in [-0.2, -0.15) is 0 Å². The van der Waals surface area contributed by atoms with Crippen LogP contribution in [0.2, 0.25) is 0 Å². The summed E-state index contributed by atoms with van der Waals surface area (Å²) >= 11 is 5.50. The monoisotopic (exact) mass is 239 g/mol. The number of nitrogens with zero attached hydrogens (tertiary/aromatic N) is 1. The second-order valence-corrected chi connectivity index (χ2v) is 3.48. The van der Waals surface area contributed by atoms with E-state index in [0.29, 0.717) is 5.70 Å². The SMILES string of the molecule is C=C(c1ccccc1)N(CCO)C(=O)CCl. The lowest BCUT2D eigenvalue weighted by molar-refractivity contribution is -0.125. The standard InChI is InChI=1S/C12H14ClNO2/c1-10(11-5-3-2-4-6-11)14(7-8-15)12(16)9-13/h2-6,15H,1,7-9H2. The molecule has 1 rings (SSSR count). The van der Waals surface area contributed by atoms with E-state index < -0.39 is 0 Å². The highest BCUT2D eigenvalue weighted by Crippen LogP contribution is 2.17. The average Bonchev–Trinajstić information content (AvgIpc) is 2.35. The lowest BCUT2D eigenvalue weighted by Gasteiger charge is -2.23. The molecule has 0 heterocycles. The van der Waals surface area contributed by atoms with Crippen LogP contribution in [-0.4, -0.2) is 34.9 Å². The molecular formula is C12H14ClNO2. The van der Waals surface area contributed by atoms with E-state index in [0.717, 1.165) is 5.56 Å². The number of carbonyl (C=O) groups excluding carboxylic acids is 1. The molecule has 4 heteroatoms. The topological polar surface area (TPSA) is 40.5 Å². The van der Waals surface area contributed by atoms with E-state index in [1.54, 1.807) is 0 Å². The molecule has 0 aliphatic rings. The zero-order valence-electron chi connectivity index (χ0n) is 8.90. The Balaban J connectivity index is 2.87. The molecule has 0 aliphatic carbocycles. The van der Waals surface area contributed by atoms with Gasteiger partial charge in [0.1, 0.15) is 5.88 Å². The van der Waals surface area contributed by atoms with Gasteiger partial charge < -0.3 is 10.0 Å². The lowest BCUT2D eigenvalue weighted by atomic mass is 10.1. The van der Waals surface area contributed by atoms with Crippen molar-refractivity contribution < 1.29 is 9.90 Å². The van der Waals surface area contributed by atoms with Crippen molar-refractivity contribution in [2.24, 2.45) is 0 Å². The largest absolute Gasteiger partial charge is 0.395 e. The van der Waals surface area contributed by atoms with Crippen molar-refractivity contribution >= 4 is 23.2 Å². The van der Waals surface area contributed by atoms with Crippen molar-refractivity contribution in [3.63, 3.8) is 0 Å². The maximum absolute atomic E-state index is 11.5. The van der Waals surface area contributed by atoms with Gasteiger partial charge in [0.25, 0.3) is 0 Å². The van der Waals surface area contributed by atoms with Gasteiger partial charge in [-0.1, -0.05) is 36.9 Å². The molecule has 3 nitrogen and oxygen atoms in total. The minimum Gasteiger partial charge on any atom is -0.395 e. The smallest absolute Gasteiger partial charge is 0.241 e. The van der Waals surface area contributed by atoms with Gasteiger partial charge in [0.2, 0.25) is 5.91 Å². The van der Waals surface area contributed by atoms with Crippen LogP contribution in [0, 0.1) is 0 Å². The molecule has 0 fully saturated rings. The molecule has 1 amide bonds. The number of hydrogen-bond acceptors (Lipinski definition) is 2. The molecule has 0 bridgehead atoms. The van der Waals surface area contributed by atoms with E-state index in [4.69, 9.17) is 16.7 Å². The first-order chi connectivity index (χ1) is 7.70. The summed E-state index contributed by atoms with van der Waals surface area (Å²) in [5.74, 6) is -0.379. The van der Waals surface area contributed by atoms with Gasteiger partial charge in [0.15, 0.2) is 0 Å². The summed E-state index contributed by atoms with van der Waals surface area (Å²) in [6.45, 7) is 3.94. The van der Waals surface area contributed by atoms with E-state index in [-0.39, 0.29) is 24.9 Å². The van der Waals surface area contributed by atoms with Crippen LogP contribution in [0.3, 0.4) is 0 Å². The van der Waals surface area contributed by atoms with Crippen LogP contribution >= 0.6 is 11.6 Å². The molecule has 0 aliphatic heterocycles. The highest BCUT2D eigenvalue weighted by Gasteiger charge is 2.15. The molecule has 0 atom stereocenters. The maximum Gasteiger partial charge on any atom is 0.241 e. The molecule has 0 saturated heterocycles. The molecule has 0 unspecified atom stereocenters. The fourth-order valence-corrected chi connectivity index (χ4v) is 1.51. The molecule has 86 valence electrons. The van der Waals surface area contributed by atoms with Gasteiger partial charge in [-0.25, -0.2) is 0 Å². The first-order valence-electron chi connectivity index (χ1n) is 4.92. The number of rotatable bonds is 5. The Morgan fingerprint density at radius 2 is 2.00 bits per heavy atom. The highest BCUT2D eigenvalue weighted by molar-refractivity contribution is 6.27. The van der Waals surface area contributed by atoms with E-state index >= 15 is 0 Å². The molecule has 1 N–H and O–H groups in total. The number of hydrogen-bond donors (Lipinski definition) is 1.